The second kappa shape index (κ2) is 9.13. The van der Waals surface area contributed by atoms with Crippen molar-refractivity contribution in [3.63, 3.8) is 0 Å². The molecule has 1 atom stereocenters. The highest BCUT2D eigenvalue weighted by Crippen LogP contribution is 2.39. The Morgan fingerprint density at radius 3 is 2.69 bits per heavy atom. The molecule has 9 heteroatoms. The predicted octanol–water partition coefficient (Wildman–Crippen LogP) is 3.47. The van der Waals surface area contributed by atoms with Crippen LogP contribution in [0.5, 0.6) is 0 Å². The lowest BCUT2D eigenvalue weighted by Gasteiger charge is -2.18. The first-order valence-corrected chi connectivity index (χ1v) is 10.3. The molecular weight excluding hydrogens is 419 g/mol. The van der Waals surface area contributed by atoms with Crippen molar-refractivity contribution in [2.75, 3.05) is 19.0 Å². The number of fused-ring (bicyclic) bond motifs is 1. The molecule has 3 aromatic rings. The van der Waals surface area contributed by atoms with E-state index in [1.807, 2.05) is 13.8 Å². The lowest BCUT2D eigenvalue weighted by molar-refractivity contribution is 0.0356. The Bertz CT molecular complexity index is 1160. The number of hydrogen-bond donors (Lipinski definition) is 3. The van der Waals surface area contributed by atoms with Gasteiger partial charge in [0.05, 0.1) is 28.6 Å². The number of ether oxygens (including phenoxy) is 1. The molecule has 0 saturated carbocycles. The van der Waals surface area contributed by atoms with Gasteiger partial charge in [0, 0.05) is 22.8 Å². The summed E-state index contributed by atoms with van der Waals surface area (Å²) in [6.45, 7) is 3.93. The molecule has 0 unspecified atom stereocenters. The van der Waals surface area contributed by atoms with Crippen LogP contribution in [0, 0.1) is 12.7 Å². The van der Waals surface area contributed by atoms with Crippen molar-refractivity contribution in [1.82, 2.24) is 9.97 Å². The van der Waals surface area contributed by atoms with Crippen LogP contribution in [0.2, 0.25) is 5.02 Å². The molecule has 6 nitrogen and oxygen atoms in total. The minimum atomic E-state index is -0.625. The standard InChI is InChI=1S/C20H20ClFN2O4S/c1-3-28-12(8-25)9-29-18-16(11-4-5-15(22)14(21)7-11)10(2)6-13-17(18)23-20(27)24-19(13)26/h4-7,12,25H,3,8-9H2,1-2H3,(H2,23,24,26,27)/t12-/m0/s1. The molecule has 0 amide bonds. The third kappa shape index (κ3) is 4.56. The van der Waals surface area contributed by atoms with Gasteiger partial charge in [-0.05, 0) is 43.2 Å². The molecule has 3 N–H and O–H groups in total. The third-order valence-corrected chi connectivity index (χ3v) is 5.94. The number of benzene rings is 2. The number of aromatic amines is 2. The number of aromatic nitrogens is 2. The summed E-state index contributed by atoms with van der Waals surface area (Å²) in [5.41, 5.74) is 1.38. The monoisotopic (exact) mass is 438 g/mol. The second-order valence-corrected chi connectivity index (χ2v) is 7.87. The maximum Gasteiger partial charge on any atom is 0.326 e. The van der Waals surface area contributed by atoms with Crippen LogP contribution < -0.4 is 11.2 Å². The Balaban J connectivity index is 2.25. The quantitative estimate of drug-likeness (QED) is 0.491. The van der Waals surface area contributed by atoms with Crippen molar-refractivity contribution >= 4 is 34.3 Å². The summed E-state index contributed by atoms with van der Waals surface area (Å²) in [5, 5.41) is 9.84. The van der Waals surface area contributed by atoms with Crippen LogP contribution in [0.15, 0.2) is 38.8 Å². The normalized spacial score (nSPS) is 12.4. The number of nitrogens with one attached hydrogen (secondary N) is 2. The zero-order valence-electron chi connectivity index (χ0n) is 15.8. The average Bonchev–Trinajstić information content (AvgIpc) is 2.68. The second-order valence-electron chi connectivity index (χ2n) is 6.43. The molecule has 0 bridgehead atoms. The van der Waals surface area contributed by atoms with E-state index in [9.17, 15) is 19.1 Å². The molecule has 0 aliphatic carbocycles. The lowest BCUT2D eigenvalue weighted by atomic mass is 9.98. The Morgan fingerprint density at radius 2 is 2.03 bits per heavy atom. The van der Waals surface area contributed by atoms with E-state index in [4.69, 9.17) is 16.3 Å². The molecule has 1 aromatic heterocycles. The number of aryl methyl sites for hydroxylation is 1. The lowest BCUT2D eigenvalue weighted by Crippen LogP contribution is -2.23. The van der Waals surface area contributed by atoms with Crippen molar-refractivity contribution in [2.45, 2.75) is 24.8 Å². The van der Waals surface area contributed by atoms with Gasteiger partial charge >= 0.3 is 5.69 Å². The number of thioether (sulfide) groups is 1. The zero-order chi connectivity index (χ0) is 21.1. The minimum Gasteiger partial charge on any atom is -0.394 e. The van der Waals surface area contributed by atoms with Crippen LogP contribution in [0.25, 0.3) is 22.0 Å². The van der Waals surface area contributed by atoms with E-state index in [2.05, 4.69) is 9.97 Å². The Kier molecular flexibility index (Phi) is 6.79. The number of hydrogen-bond acceptors (Lipinski definition) is 5. The van der Waals surface area contributed by atoms with Gasteiger partial charge in [-0.1, -0.05) is 17.7 Å². The average molecular weight is 439 g/mol. The number of H-pyrrole nitrogens is 2. The fourth-order valence-corrected chi connectivity index (χ4v) is 4.59. The van der Waals surface area contributed by atoms with E-state index in [1.54, 1.807) is 12.1 Å². The Morgan fingerprint density at radius 1 is 1.28 bits per heavy atom. The van der Waals surface area contributed by atoms with Gasteiger partial charge in [-0.2, -0.15) is 0 Å². The summed E-state index contributed by atoms with van der Waals surface area (Å²) < 4.78 is 19.2. The molecule has 0 fully saturated rings. The van der Waals surface area contributed by atoms with Gasteiger partial charge in [0.1, 0.15) is 5.82 Å². The number of aliphatic hydroxyl groups excluding tert-OH is 1. The van der Waals surface area contributed by atoms with E-state index in [0.717, 1.165) is 11.1 Å². The highest BCUT2D eigenvalue weighted by Gasteiger charge is 2.19. The zero-order valence-corrected chi connectivity index (χ0v) is 17.4. The Labute approximate surface area is 175 Å². The highest BCUT2D eigenvalue weighted by atomic mass is 35.5. The van der Waals surface area contributed by atoms with Crippen molar-refractivity contribution in [3.05, 3.63) is 61.5 Å². The van der Waals surface area contributed by atoms with E-state index in [1.165, 1.54) is 23.9 Å². The van der Waals surface area contributed by atoms with E-state index in [-0.39, 0.29) is 11.6 Å². The van der Waals surface area contributed by atoms with Gasteiger partial charge in [0.25, 0.3) is 5.56 Å². The highest BCUT2D eigenvalue weighted by molar-refractivity contribution is 7.99. The van der Waals surface area contributed by atoms with Gasteiger partial charge in [-0.15, -0.1) is 11.8 Å². The number of aliphatic hydroxyl groups is 1. The first-order chi connectivity index (χ1) is 13.8. The summed E-state index contributed by atoms with van der Waals surface area (Å²) in [5.74, 6) is -0.149. The number of rotatable bonds is 7. The molecule has 0 spiro atoms. The molecule has 29 heavy (non-hydrogen) atoms. The molecule has 0 aliphatic rings. The SMILES string of the molecule is CCO[C@@H](CO)CSc1c(-c2ccc(F)c(Cl)c2)c(C)cc2c(=O)[nH]c(=O)[nH]c12. The van der Waals surface area contributed by atoms with E-state index < -0.39 is 23.2 Å². The molecule has 2 aromatic carbocycles. The van der Waals surface area contributed by atoms with Crippen LogP contribution in [0.4, 0.5) is 4.39 Å². The molecule has 0 radical (unpaired) electrons. The molecule has 3 rings (SSSR count). The topological polar surface area (TPSA) is 95.2 Å². The fraction of sp³-hybridized carbons (Fsp3) is 0.300. The van der Waals surface area contributed by atoms with Crippen LogP contribution in [-0.4, -0.2) is 40.1 Å². The Hall–Kier alpha value is -2.13. The first-order valence-electron chi connectivity index (χ1n) is 8.96. The molecule has 154 valence electrons. The summed E-state index contributed by atoms with van der Waals surface area (Å²) in [6.07, 6.45) is -0.418. The van der Waals surface area contributed by atoms with Crippen LogP contribution >= 0.6 is 23.4 Å². The molecule has 0 saturated heterocycles. The summed E-state index contributed by atoms with van der Waals surface area (Å²) in [6, 6.07) is 6.04. The fourth-order valence-electron chi connectivity index (χ4n) is 3.13. The third-order valence-electron chi connectivity index (χ3n) is 4.42. The van der Waals surface area contributed by atoms with Gasteiger partial charge in [-0.25, -0.2) is 9.18 Å². The largest absolute Gasteiger partial charge is 0.394 e. The van der Waals surface area contributed by atoms with Crippen LogP contribution in [-0.2, 0) is 4.74 Å². The predicted molar refractivity (Wildman–Crippen MR) is 114 cm³/mol. The van der Waals surface area contributed by atoms with Crippen LogP contribution in [0.1, 0.15) is 12.5 Å². The van der Waals surface area contributed by atoms with Gasteiger partial charge < -0.3 is 14.8 Å². The molecule has 1 heterocycles. The minimum absolute atomic E-state index is 0.0279. The van der Waals surface area contributed by atoms with Gasteiger partial charge in [-0.3, -0.25) is 9.78 Å². The van der Waals surface area contributed by atoms with Crippen LogP contribution in [0.3, 0.4) is 0 Å². The maximum atomic E-state index is 13.7. The van der Waals surface area contributed by atoms with E-state index >= 15 is 0 Å². The van der Waals surface area contributed by atoms with Gasteiger partial charge in [0.2, 0.25) is 0 Å². The van der Waals surface area contributed by atoms with Crippen molar-refractivity contribution in [1.29, 1.82) is 0 Å². The van der Waals surface area contributed by atoms with Crippen molar-refractivity contribution < 1.29 is 14.2 Å². The smallest absolute Gasteiger partial charge is 0.326 e. The van der Waals surface area contributed by atoms with E-state index in [0.29, 0.717) is 33.7 Å². The summed E-state index contributed by atoms with van der Waals surface area (Å²) >= 11 is 7.32. The molecule has 0 aliphatic heterocycles. The first kappa shape index (κ1) is 21.6. The molecular formula is C20H20ClFN2O4S. The number of halogens is 2. The van der Waals surface area contributed by atoms with Crippen molar-refractivity contribution in [2.24, 2.45) is 0 Å². The van der Waals surface area contributed by atoms with Gasteiger partial charge in [0.15, 0.2) is 0 Å². The van der Waals surface area contributed by atoms with Crippen molar-refractivity contribution in [3.8, 4) is 11.1 Å². The summed E-state index contributed by atoms with van der Waals surface area (Å²) in [4.78, 5) is 29.8. The maximum absolute atomic E-state index is 13.7. The summed E-state index contributed by atoms with van der Waals surface area (Å²) in [7, 11) is 0.